The van der Waals surface area contributed by atoms with Crippen molar-refractivity contribution >= 4 is 27.5 Å². The highest BCUT2D eigenvalue weighted by atomic mass is 32.2. The summed E-state index contributed by atoms with van der Waals surface area (Å²) < 4.78 is 27.2. The molecule has 0 unspecified atom stereocenters. The molecule has 1 aromatic carbocycles. The second-order valence-corrected chi connectivity index (χ2v) is 8.85. The molecule has 154 valence electrons. The van der Waals surface area contributed by atoms with Gasteiger partial charge < -0.3 is 10.6 Å². The van der Waals surface area contributed by atoms with Gasteiger partial charge in [-0.15, -0.1) is 0 Å². The molecule has 2 amide bonds. The van der Waals surface area contributed by atoms with E-state index in [1.54, 1.807) is 31.3 Å². The Morgan fingerprint density at radius 2 is 1.90 bits per heavy atom. The Morgan fingerprint density at radius 3 is 2.59 bits per heavy atom. The number of anilines is 1. The number of carbonyl (C=O) groups is 2. The van der Waals surface area contributed by atoms with Crippen molar-refractivity contribution in [3.05, 3.63) is 53.9 Å². The minimum Gasteiger partial charge on any atom is -0.343 e. The average molecular weight is 417 g/mol. The molecule has 0 spiro atoms. The van der Waals surface area contributed by atoms with Crippen molar-refractivity contribution in [2.75, 3.05) is 25.0 Å². The zero-order chi connectivity index (χ0) is 20.9. The van der Waals surface area contributed by atoms with E-state index in [2.05, 4.69) is 15.6 Å². The Hall–Kier alpha value is -2.78. The fraction of sp³-hybridized carbons (Fsp3) is 0.350. The molecule has 0 atom stereocenters. The lowest BCUT2D eigenvalue weighted by Crippen LogP contribution is -2.36. The first-order valence-corrected chi connectivity index (χ1v) is 10.9. The van der Waals surface area contributed by atoms with Gasteiger partial charge in [-0.3, -0.25) is 14.6 Å². The van der Waals surface area contributed by atoms with Crippen LogP contribution in [0.4, 0.5) is 5.69 Å². The van der Waals surface area contributed by atoms with Gasteiger partial charge in [-0.05, 0) is 49.6 Å². The Kier molecular flexibility index (Phi) is 6.60. The first kappa shape index (κ1) is 20.9. The van der Waals surface area contributed by atoms with E-state index < -0.39 is 21.8 Å². The normalized spacial score (nSPS) is 14.9. The van der Waals surface area contributed by atoms with Crippen LogP contribution in [0.2, 0.25) is 0 Å². The third kappa shape index (κ3) is 5.18. The number of hydrogen-bond acceptors (Lipinski definition) is 5. The molecular weight excluding hydrogens is 392 g/mol. The van der Waals surface area contributed by atoms with Crippen LogP contribution in [0.25, 0.3) is 0 Å². The van der Waals surface area contributed by atoms with Crippen LogP contribution in [0.3, 0.4) is 0 Å². The van der Waals surface area contributed by atoms with Gasteiger partial charge >= 0.3 is 0 Å². The number of benzene rings is 1. The third-order valence-electron chi connectivity index (χ3n) is 4.76. The summed E-state index contributed by atoms with van der Waals surface area (Å²) in [5, 5.41) is 5.16. The van der Waals surface area contributed by atoms with E-state index in [-0.39, 0.29) is 17.0 Å². The lowest BCUT2D eigenvalue weighted by Gasteiger charge is -2.26. The maximum Gasteiger partial charge on any atom is 0.252 e. The molecular formula is C20H24N4O4S. The molecule has 0 aliphatic carbocycles. The van der Waals surface area contributed by atoms with Crippen LogP contribution in [0.15, 0.2) is 47.6 Å². The summed E-state index contributed by atoms with van der Waals surface area (Å²) in [4.78, 5) is 28.6. The Balaban J connectivity index is 1.68. The van der Waals surface area contributed by atoms with E-state index >= 15 is 0 Å². The number of sulfonamides is 1. The minimum atomic E-state index is -3.64. The van der Waals surface area contributed by atoms with Gasteiger partial charge in [-0.1, -0.05) is 12.5 Å². The van der Waals surface area contributed by atoms with Crippen molar-refractivity contribution in [2.24, 2.45) is 0 Å². The van der Waals surface area contributed by atoms with E-state index in [0.717, 1.165) is 19.3 Å². The number of hydrogen-bond donors (Lipinski definition) is 2. The maximum absolute atomic E-state index is 12.9. The molecule has 1 aromatic heterocycles. The first-order chi connectivity index (χ1) is 13.9. The highest BCUT2D eigenvalue weighted by Gasteiger charge is 2.27. The van der Waals surface area contributed by atoms with Gasteiger partial charge in [0.25, 0.3) is 5.91 Å². The average Bonchev–Trinajstić information content (AvgIpc) is 2.73. The van der Waals surface area contributed by atoms with Crippen LogP contribution >= 0.6 is 0 Å². The molecule has 3 rings (SSSR count). The van der Waals surface area contributed by atoms with E-state index in [9.17, 15) is 18.0 Å². The first-order valence-electron chi connectivity index (χ1n) is 9.47. The molecule has 29 heavy (non-hydrogen) atoms. The molecule has 0 bridgehead atoms. The molecule has 8 nitrogen and oxygen atoms in total. The number of piperidine rings is 1. The molecule has 1 aliphatic heterocycles. The highest BCUT2D eigenvalue weighted by Crippen LogP contribution is 2.22. The summed E-state index contributed by atoms with van der Waals surface area (Å²) in [6, 6.07) is 7.89. The predicted octanol–water partition coefficient (Wildman–Crippen LogP) is 1.93. The summed E-state index contributed by atoms with van der Waals surface area (Å²) in [7, 11) is -3.64. The number of pyridine rings is 1. The Bertz CT molecular complexity index is 987. The number of aryl methyl sites for hydroxylation is 1. The van der Waals surface area contributed by atoms with Gasteiger partial charge in [-0.25, -0.2) is 8.42 Å². The van der Waals surface area contributed by atoms with E-state index in [4.69, 9.17) is 0 Å². The topological polar surface area (TPSA) is 108 Å². The largest absolute Gasteiger partial charge is 0.343 e. The molecule has 1 saturated heterocycles. The molecule has 2 aromatic rings. The van der Waals surface area contributed by atoms with Crippen molar-refractivity contribution in [1.29, 1.82) is 0 Å². The molecule has 2 N–H and O–H groups in total. The maximum atomic E-state index is 12.9. The summed E-state index contributed by atoms with van der Waals surface area (Å²) in [6.07, 6.45) is 5.79. The lowest BCUT2D eigenvalue weighted by molar-refractivity contribution is -0.115. The van der Waals surface area contributed by atoms with Gasteiger partial charge in [0.15, 0.2) is 0 Å². The van der Waals surface area contributed by atoms with Crippen molar-refractivity contribution in [3.63, 3.8) is 0 Å². The molecule has 1 fully saturated rings. The van der Waals surface area contributed by atoms with Crippen LogP contribution in [0.1, 0.15) is 35.2 Å². The SMILES string of the molecule is Cc1ccc(S(=O)(=O)N2CCCCC2)cc1C(=O)NCC(=O)Nc1cccnc1. The van der Waals surface area contributed by atoms with Gasteiger partial charge in [0.05, 0.1) is 23.3 Å². The minimum absolute atomic E-state index is 0.0926. The van der Waals surface area contributed by atoms with Crippen LogP contribution < -0.4 is 10.6 Å². The van der Waals surface area contributed by atoms with E-state index in [0.29, 0.717) is 24.3 Å². The molecule has 2 heterocycles. The monoisotopic (exact) mass is 416 g/mol. The predicted molar refractivity (Wildman–Crippen MR) is 109 cm³/mol. The summed E-state index contributed by atoms with van der Waals surface area (Å²) in [5.74, 6) is -0.902. The highest BCUT2D eigenvalue weighted by molar-refractivity contribution is 7.89. The number of nitrogens with one attached hydrogen (secondary N) is 2. The molecule has 9 heteroatoms. The smallest absolute Gasteiger partial charge is 0.252 e. The van der Waals surface area contributed by atoms with Crippen molar-refractivity contribution in [1.82, 2.24) is 14.6 Å². The Morgan fingerprint density at radius 1 is 1.14 bits per heavy atom. The van der Waals surface area contributed by atoms with Crippen molar-refractivity contribution in [3.8, 4) is 0 Å². The van der Waals surface area contributed by atoms with Gasteiger partial charge in [0, 0.05) is 24.8 Å². The molecule has 1 aliphatic rings. The van der Waals surface area contributed by atoms with Crippen molar-refractivity contribution < 1.29 is 18.0 Å². The van der Waals surface area contributed by atoms with Gasteiger partial charge in [0.1, 0.15) is 0 Å². The number of amides is 2. The standard InChI is InChI=1S/C20H24N4O4S/c1-15-7-8-17(29(27,28)24-10-3-2-4-11-24)12-18(15)20(26)22-14-19(25)23-16-6-5-9-21-13-16/h5-9,12-13H,2-4,10-11,14H2,1H3,(H,22,26)(H,23,25). The second kappa shape index (κ2) is 9.15. The molecule has 0 saturated carbocycles. The zero-order valence-electron chi connectivity index (χ0n) is 16.2. The third-order valence-corrected chi connectivity index (χ3v) is 6.66. The number of aromatic nitrogens is 1. The Labute approximate surface area is 170 Å². The van der Waals surface area contributed by atoms with Crippen LogP contribution in [0.5, 0.6) is 0 Å². The quantitative estimate of drug-likeness (QED) is 0.748. The van der Waals surface area contributed by atoms with Crippen LogP contribution in [-0.2, 0) is 14.8 Å². The van der Waals surface area contributed by atoms with Gasteiger partial charge in [-0.2, -0.15) is 4.31 Å². The zero-order valence-corrected chi connectivity index (χ0v) is 17.0. The summed E-state index contributed by atoms with van der Waals surface area (Å²) in [6.45, 7) is 2.47. The van der Waals surface area contributed by atoms with Gasteiger partial charge in [0.2, 0.25) is 15.9 Å². The van der Waals surface area contributed by atoms with Crippen LogP contribution in [0, 0.1) is 6.92 Å². The fourth-order valence-electron chi connectivity index (χ4n) is 3.16. The summed E-state index contributed by atoms with van der Waals surface area (Å²) in [5.41, 5.74) is 1.39. The lowest BCUT2D eigenvalue weighted by atomic mass is 10.1. The fourth-order valence-corrected chi connectivity index (χ4v) is 4.70. The number of carbonyl (C=O) groups excluding carboxylic acids is 2. The van der Waals surface area contributed by atoms with E-state index in [1.165, 1.54) is 22.6 Å². The number of rotatable bonds is 6. The second-order valence-electron chi connectivity index (χ2n) is 6.91. The van der Waals surface area contributed by atoms with E-state index in [1.807, 2.05) is 0 Å². The number of nitrogens with zero attached hydrogens (tertiary/aromatic N) is 2. The van der Waals surface area contributed by atoms with Crippen LogP contribution in [-0.4, -0.2) is 49.2 Å². The molecule has 0 radical (unpaired) electrons. The summed E-state index contributed by atoms with van der Waals surface area (Å²) >= 11 is 0. The van der Waals surface area contributed by atoms with Crippen molar-refractivity contribution in [2.45, 2.75) is 31.1 Å².